The van der Waals surface area contributed by atoms with Gasteiger partial charge in [0.2, 0.25) is 5.91 Å². The van der Waals surface area contributed by atoms with E-state index in [1.54, 1.807) is 0 Å². The first-order valence-electron chi connectivity index (χ1n) is 10.3. The number of oxazole rings is 1. The maximum absolute atomic E-state index is 13.7. The first-order chi connectivity index (χ1) is 16.2. The highest BCUT2D eigenvalue weighted by Crippen LogP contribution is 2.14. The maximum Gasteiger partial charge on any atom is 0.302 e. The largest absolute Gasteiger partial charge is 0.431 e. The molecule has 8 nitrogen and oxygen atoms in total. The van der Waals surface area contributed by atoms with Crippen molar-refractivity contribution in [2.45, 2.75) is 32.0 Å². The van der Waals surface area contributed by atoms with Crippen LogP contribution in [0.4, 0.5) is 14.8 Å². The molecular formula is C23H23F2IN4O4. The van der Waals surface area contributed by atoms with E-state index in [2.05, 4.69) is 43.5 Å². The predicted molar refractivity (Wildman–Crippen MR) is 129 cm³/mol. The molecule has 1 heterocycles. The van der Waals surface area contributed by atoms with E-state index in [1.165, 1.54) is 6.92 Å². The van der Waals surface area contributed by atoms with E-state index in [0.717, 1.165) is 33.6 Å². The van der Waals surface area contributed by atoms with Gasteiger partial charge in [-0.1, -0.05) is 12.1 Å². The molecule has 4 N–H and O–H groups in total. The van der Waals surface area contributed by atoms with Crippen LogP contribution < -0.4 is 16.0 Å². The third-order valence-corrected chi connectivity index (χ3v) is 5.42. The van der Waals surface area contributed by atoms with E-state index in [-0.39, 0.29) is 30.2 Å². The van der Waals surface area contributed by atoms with Crippen molar-refractivity contribution in [3.8, 4) is 0 Å². The SMILES string of the molecule is CC(=O)Nc1nc(C(=O)NC(Cc2cc(F)cc(F)c2)C(O)CNCc2cccc(I)c2)co1. The molecule has 0 saturated carbocycles. The van der Waals surface area contributed by atoms with Gasteiger partial charge in [0.05, 0.1) is 12.1 Å². The summed E-state index contributed by atoms with van der Waals surface area (Å²) in [6, 6.07) is 9.78. The fraction of sp³-hybridized carbons (Fsp3) is 0.261. The Balaban J connectivity index is 1.70. The second-order valence-electron chi connectivity index (χ2n) is 7.61. The number of hydrogen-bond acceptors (Lipinski definition) is 6. The van der Waals surface area contributed by atoms with Crippen LogP contribution in [0.3, 0.4) is 0 Å². The molecular weight excluding hydrogens is 561 g/mol. The predicted octanol–water partition coefficient (Wildman–Crippen LogP) is 3.01. The number of aliphatic hydroxyl groups is 1. The van der Waals surface area contributed by atoms with Crippen LogP contribution in [0.2, 0.25) is 0 Å². The molecule has 0 fully saturated rings. The van der Waals surface area contributed by atoms with Crippen LogP contribution >= 0.6 is 22.6 Å². The van der Waals surface area contributed by atoms with Gasteiger partial charge >= 0.3 is 6.01 Å². The molecule has 2 amide bonds. The summed E-state index contributed by atoms with van der Waals surface area (Å²) in [6.45, 7) is 1.84. The van der Waals surface area contributed by atoms with Crippen molar-refractivity contribution in [1.82, 2.24) is 15.6 Å². The number of benzene rings is 2. The Labute approximate surface area is 208 Å². The molecule has 0 spiro atoms. The van der Waals surface area contributed by atoms with E-state index >= 15 is 0 Å². The number of halogens is 3. The van der Waals surface area contributed by atoms with Gasteiger partial charge in [-0.25, -0.2) is 8.78 Å². The molecule has 180 valence electrons. The molecule has 2 atom stereocenters. The number of rotatable bonds is 10. The lowest BCUT2D eigenvalue weighted by atomic mass is 10.0. The molecule has 0 bridgehead atoms. The summed E-state index contributed by atoms with van der Waals surface area (Å²) in [5, 5.41) is 18.9. The van der Waals surface area contributed by atoms with Crippen LogP contribution in [-0.2, 0) is 17.8 Å². The summed E-state index contributed by atoms with van der Waals surface area (Å²) in [5.41, 5.74) is 1.15. The van der Waals surface area contributed by atoms with E-state index in [9.17, 15) is 23.5 Å². The summed E-state index contributed by atoms with van der Waals surface area (Å²) < 4.78 is 33.5. The van der Waals surface area contributed by atoms with E-state index < -0.39 is 35.6 Å². The van der Waals surface area contributed by atoms with Crippen LogP contribution in [0.15, 0.2) is 53.1 Å². The molecule has 0 aliphatic carbocycles. The minimum absolute atomic E-state index is 0.0388. The van der Waals surface area contributed by atoms with Gasteiger partial charge in [0.1, 0.15) is 17.9 Å². The smallest absolute Gasteiger partial charge is 0.302 e. The fourth-order valence-electron chi connectivity index (χ4n) is 3.25. The summed E-state index contributed by atoms with van der Waals surface area (Å²) in [4.78, 5) is 27.7. The number of nitrogens with one attached hydrogen (secondary N) is 3. The van der Waals surface area contributed by atoms with Gasteiger partial charge in [0.15, 0.2) is 5.69 Å². The number of carbonyl (C=O) groups is 2. The number of aliphatic hydroxyl groups excluding tert-OH is 1. The highest BCUT2D eigenvalue weighted by molar-refractivity contribution is 14.1. The molecule has 0 radical (unpaired) electrons. The first kappa shape index (κ1) is 25.7. The van der Waals surface area contributed by atoms with Crippen LogP contribution in [-0.4, -0.2) is 40.6 Å². The molecule has 2 aromatic carbocycles. The summed E-state index contributed by atoms with van der Waals surface area (Å²) in [6.07, 6.45) is -0.0795. The Kier molecular flexibility index (Phi) is 9.07. The number of hydrogen-bond donors (Lipinski definition) is 4. The Bertz CT molecular complexity index is 1140. The Morgan fingerprint density at radius 3 is 2.56 bits per heavy atom. The molecule has 34 heavy (non-hydrogen) atoms. The number of carbonyl (C=O) groups excluding carboxylic acids is 2. The first-order valence-corrected chi connectivity index (χ1v) is 11.4. The highest BCUT2D eigenvalue weighted by Gasteiger charge is 2.24. The average Bonchev–Trinajstić information content (AvgIpc) is 3.20. The lowest BCUT2D eigenvalue weighted by Crippen LogP contribution is -2.48. The minimum Gasteiger partial charge on any atom is -0.431 e. The van der Waals surface area contributed by atoms with Crippen LogP contribution in [0.25, 0.3) is 0 Å². The summed E-state index contributed by atoms with van der Waals surface area (Å²) in [7, 11) is 0. The van der Waals surface area contributed by atoms with Gasteiger partial charge in [-0.3, -0.25) is 14.9 Å². The topological polar surface area (TPSA) is 116 Å². The molecule has 1 aromatic heterocycles. The average molecular weight is 584 g/mol. The van der Waals surface area contributed by atoms with Gasteiger partial charge in [-0.15, -0.1) is 0 Å². The van der Waals surface area contributed by atoms with Crippen LogP contribution in [0.1, 0.15) is 28.5 Å². The van der Waals surface area contributed by atoms with E-state index in [4.69, 9.17) is 4.42 Å². The van der Waals surface area contributed by atoms with Gasteiger partial charge in [0, 0.05) is 29.6 Å². The van der Waals surface area contributed by atoms with Crippen molar-refractivity contribution in [1.29, 1.82) is 0 Å². The highest BCUT2D eigenvalue weighted by atomic mass is 127. The van der Waals surface area contributed by atoms with Crippen molar-refractivity contribution < 1.29 is 27.9 Å². The molecule has 11 heteroatoms. The summed E-state index contributed by atoms with van der Waals surface area (Å²) >= 11 is 2.20. The zero-order valence-electron chi connectivity index (χ0n) is 18.1. The molecule has 0 aliphatic rings. The van der Waals surface area contributed by atoms with Gasteiger partial charge in [0.25, 0.3) is 5.91 Å². The van der Waals surface area contributed by atoms with Crippen molar-refractivity contribution in [2.24, 2.45) is 0 Å². The molecule has 3 rings (SSSR count). The lowest BCUT2D eigenvalue weighted by Gasteiger charge is -2.24. The zero-order chi connectivity index (χ0) is 24.7. The van der Waals surface area contributed by atoms with E-state index in [0.29, 0.717) is 6.54 Å². The minimum atomic E-state index is -1.10. The maximum atomic E-state index is 13.7. The number of aromatic nitrogens is 1. The molecule has 2 unspecified atom stereocenters. The van der Waals surface area contributed by atoms with Crippen molar-refractivity contribution in [2.75, 3.05) is 11.9 Å². The monoisotopic (exact) mass is 584 g/mol. The number of nitrogens with zero attached hydrogens (tertiary/aromatic N) is 1. The van der Waals surface area contributed by atoms with E-state index in [1.807, 2.05) is 24.3 Å². The van der Waals surface area contributed by atoms with Gasteiger partial charge in [-0.2, -0.15) is 4.98 Å². The van der Waals surface area contributed by atoms with Crippen LogP contribution in [0.5, 0.6) is 0 Å². The lowest BCUT2D eigenvalue weighted by molar-refractivity contribution is -0.114. The van der Waals surface area contributed by atoms with Crippen molar-refractivity contribution in [3.63, 3.8) is 0 Å². The van der Waals surface area contributed by atoms with Crippen molar-refractivity contribution in [3.05, 3.63) is 80.8 Å². The molecule has 0 aliphatic heterocycles. The normalized spacial score (nSPS) is 12.7. The second kappa shape index (κ2) is 12.0. The fourth-order valence-corrected chi connectivity index (χ4v) is 3.86. The molecule has 0 saturated heterocycles. The van der Waals surface area contributed by atoms with Crippen LogP contribution in [0, 0.1) is 15.2 Å². The standard InChI is InChI=1S/C23H23F2IN4O4/c1-13(31)28-23-30-20(12-34-23)22(33)29-19(8-15-5-16(24)9-17(25)6-15)21(32)11-27-10-14-3-2-4-18(26)7-14/h2-7,9,12,19,21,27,32H,8,10-11H2,1H3,(H,29,33)(H,28,30,31). The third-order valence-electron chi connectivity index (χ3n) is 4.75. The van der Waals surface area contributed by atoms with Gasteiger partial charge in [-0.05, 0) is 64.4 Å². The number of anilines is 1. The second-order valence-corrected chi connectivity index (χ2v) is 8.85. The zero-order valence-corrected chi connectivity index (χ0v) is 20.3. The Morgan fingerprint density at radius 1 is 1.15 bits per heavy atom. The van der Waals surface area contributed by atoms with Gasteiger partial charge < -0.3 is 20.2 Å². The summed E-state index contributed by atoms with van der Waals surface area (Å²) in [5.74, 6) is -2.63. The molecule has 3 aromatic rings. The quantitative estimate of drug-likeness (QED) is 0.273. The third kappa shape index (κ3) is 7.85. The number of amides is 2. The van der Waals surface area contributed by atoms with Crippen molar-refractivity contribution >= 4 is 40.4 Å². The Morgan fingerprint density at radius 2 is 1.88 bits per heavy atom. The Hall–Kier alpha value is -2.90.